The molecule has 1 aromatic carbocycles. The summed E-state index contributed by atoms with van der Waals surface area (Å²) >= 11 is 0. The summed E-state index contributed by atoms with van der Waals surface area (Å²) in [7, 11) is 0. The van der Waals surface area contributed by atoms with Gasteiger partial charge in [-0.3, -0.25) is 5.32 Å². The van der Waals surface area contributed by atoms with Crippen LogP contribution in [0.15, 0.2) is 60.1 Å². The van der Waals surface area contributed by atoms with Gasteiger partial charge in [-0.05, 0) is 56.2 Å². The molecule has 0 bridgehead atoms. The number of benzene rings is 1. The number of fused-ring (bicyclic) bond motifs is 1. The first-order valence-electron chi connectivity index (χ1n) is 10.7. The Hall–Kier alpha value is -4.47. The van der Waals surface area contributed by atoms with Crippen molar-refractivity contribution < 1.29 is 9.53 Å². The lowest BCUT2D eigenvalue weighted by atomic mass is 10.0. The van der Waals surface area contributed by atoms with Gasteiger partial charge >= 0.3 is 6.03 Å². The molecule has 10 heteroatoms. The minimum atomic E-state index is -0.380. The van der Waals surface area contributed by atoms with Crippen LogP contribution in [0, 0.1) is 6.92 Å². The van der Waals surface area contributed by atoms with Crippen LogP contribution < -0.4 is 16.4 Å². The van der Waals surface area contributed by atoms with Gasteiger partial charge in [-0.1, -0.05) is 12.1 Å². The second-order valence-corrected chi connectivity index (χ2v) is 8.75. The molecule has 0 aliphatic carbocycles. The lowest BCUT2D eigenvalue weighted by Crippen LogP contribution is -2.20. The van der Waals surface area contributed by atoms with Crippen LogP contribution in [0.25, 0.3) is 16.6 Å². The number of aromatic nitrogens is 4. The molecule has 0 saturated carbocycles. The number of nitrogens with two attached hydrogens (primary N) is 1. The van der Waals surface area contributed by atoms with Crippen molar-refractivity contribution in [2.24, 2.45) is 4.99 Å². The van der Waals surface area contributed by atoms with Gasteiger partial charge in [0.2, 0.25) is 5.90 Å². The summed E-state index contributed by atoms with van der Waals surface area (Å²) in [5, 5.41) is 9.85. The van der Waals surface area contributed by atoms with Gasteiger partial charge in [-0.15, -0.1) is 0 Å². The number of hydrogen-bond acceptors (Lipinski definition) is 7. The number of urea groups is 1. The molecule has 10 nitrogen and oxygen atoms in total. The molecule has 172 valence electrons. The maximum Gasteiger partial charge on any atom is 0.324 e. The molecular weight excluding hydrogens is 432 g/mol. The standard InChI is InChI=1S/C24H24N8O2/c1-14-8-9-26-18(10-14)30-23(33)29-16-6-4-15(5-7-16)19-17(22-31-24(2,3)12-34-22)11-32-20(19)21(25)27-13-28-32/h4-11,13H,12H2,1-3H3,(H2,25,27,28)(H2,26,29,30,33). The molecule has 0 spiro atoms. The highest BCUT2D eigenvalue weighted by Crippen LogP contribution is 2.35. The van der Waals surface area contributed by atoms with E-state index in [1.165, 1.54) is 6.33 Å². The third-order valence-electron chi connectivity index (χ3n) is 5.39. The van der Waals surface area contributed by atoms with Gasteiger partial charge in [0.15, 0.2) is 5.82 Å². The van der Waals surface area contributed by atoms with Crippen LogP contribution in [0.5, 0.6) is 0 Å². The number of nitrogen functional groups attached to an aromatic ring is 1. The van der Waals surface area contributed by atoms with Crippen LogP contribution in [0.3, 0.4) is 0 Å². The van der Waals surface area contributed by atoms with Gasteiger partial charge < -0.3 is 15.8 Å². The minimum absolute atomic E-state index is 0.314. The van der Waals surface area contributed by atoms with E-state index in [4.69, 9.17) is 15.5 Å². The average Bonchev–Trinajstić information content (AvgIpc) is 3.35. The first kappa shape index (κ1) is 21.4. The number of pyridine rings is 1. The van der Waals surface area contributed by atoms with Crippen LogP contribution >= 0.6 is 0 Å². The van der Waals surface area contributed by atoms with E-state index in [0.717, 1.165) is 22.3 Å². The first-order chi connectivity index (χ1) is 16.3. The molecule has 0 atom stereocenters. The Morgan fingerprint density at radius 1 is 1.15 bits per heavy atom. The van der Waals surface area contributed by atoms with E-state index in [1.54, 1.807) is 16.8 Å². The quantitative estimate of drug-likeness (QED) is 0.427. The molecule has 0 radical (unpaired) electrons. The van der Waals surface area contributed by atoms with Gasteiger partial charge in [0.25, 0.3) is 0 Å². The van der Waals surface area contributed by atoms with Crippen molar-refractivity contribution in [1.82, 2.24) is 19.6 Å². The molecule has 0 saturated heterocycles. The Bertz CT molecular complexity index is 1420. The molecule has 3 aromatic heterocycles. The Balaban J connectivity index is 1.46. The second-order valence-electron chi connectivity index (χ2n) is 8.75. The highest BCUT2D eigenvalue weighted by molar-refractivity contribution is 6.08. The number of nitrogens with zero attached hydrogens (tertiary/aromatic N) is 5. The lowest BCUT2D eigenvalue weighted by molar-refractivity contribution is 0.262. The summed E-state index contributed by atoms with van der Waals surface area (Å²) < 4.78 is 7.58. The average molecular weight is 457 g/mol. The maximum atomic E-state index is 12.4. The molecule has 1 aliphatic heterocycles. The largest absolute Gasteiger partial charge is 0.475 e. The third kappa shape index (κ3) is 4.13. The van der Waals surface area contributed by atoms with Crippen molar-refractivity contribution in [3.8, 4) is 11.1 Å². The summed E-state index contributed by atoms with van der Waals surface area (Å²) in [6.07, 6.45) is 4.90. The van der Waals surface area contributed by atoms with Gasteiger partial charge in [0.1, 0.15) is 24.3 Å². The van der Waals surface area contributed by atoms with E-state index in [-0.39, 0.29) is 11.6 Å². The van der Waals surface area contributed by atoms with E-state index in [9.17, 15) is 4.79 Å². The SMILES string of the molecule is Cc1ccnc(NC(=O)Nc2ccc(-c3c(C4=NC(C)(C)CO4)cn4ncnc(N)c34)cc2)c1. The molecule has 5 rings (SSSR count). The molecular formula is C24H24N8O2. The number of amides is 2. The van der Waals surface area contributed by atoms with Gasteiger partial charge in [0.05, 0.1) is 11.1 Å². The second kappa shape index (κ2) is 8.14. The van der Waals surface area contributed by atoms with Crippen molar-refractivity contribution in [1.29, 1.82) is 0 Å². The molecule has 4 aromatic rings. The molecule has 34 heavy (non-hydrogen) atoms. The fourth-order valence-electron chi connectivity index (χ4n) is 3.81. The van der Waals surface area contributed by atoms with Crippen LogP contribution in [0.1, 0.15) is 25.0 Å². The van der Waals surface area contributed by atoms with Crippen molar-refractivity contribution in [3.05, 3.63) is 66.2 Å². The molecule has 0 unspecified atom stereocenters. The van der Waals surface area contributed by atoms with Crippen LogP contribution in [-0.4, -0.2) is 43.7 Å². The fraction of sp³-hybridized carbons (Fsp3) is 0.208. The van der Waals surface area contributed by atoms with Crippen molar-refractivity contribution in [3.63, 3.8) is 0 Å². The topological polar surface area (TPSA) is 132 Å². The van der Waals surface area contributed by atoms with Crippen molar-refractivity contribution >= 4 is 34.8 Å². The Morgan fingerprint density at radius 3 is 2.65 bits per heavy atom. The zero-order valence-corrected chi connectivity index (χ0v) is 19.0. The van der Waals surface area contributed by atoms with E-state index in [2.05, 4.69) is 25.7 Å². The molecule has 4 heterocycles. The predicted octanol–water partition coefficient (Wildman–Crippen LogP) is 3.88. The molecule has 4 N–H and O–H groups in total. The highest BCUT2D eigenvalue weighted by Gasteiger charge is 2.30. The summed E-state index contributed by atoms with van der Waals surface area (Å²) in [4.78, 5) is 25.4. The number of aliphatic imine (C=N–C) groups is 1. The number of rotatable bonds is 4. The van der Waals surface area contributed by atoms with E-state index < -0.39 is 0 Å². The third-order valence-corrected chi connectivity index (χ3v) is 5.39. The summed E-state index contributed by atoms with van der Waals surface area (Å²) in [5.74, 6) is 1.37. The number of ether oxygens (including phenoxy) is 1. The van der Waals surface area contributed by atoms with E-state index in [0.29, 0.717) is 35.3 Å². The Kier molecular flexibility index (Phi) is 5.12. The van der Waals surface area contributed by atoms with Gasteiger partial charge in [0, 0.05) is 23.6 Å². The minimum Gasteiger partial charge on any atom is -0.475 e. The zero-order chi connectivity index (χ0) is 23.9. The number of nitrogens with one attached hydrogen (secondary N) is 2. The normalized spacial score (nSPS) is 14.5. The highest BCUT2D eigenvalue weighted by atomic mass is 16.5. The molecule has 2 amide bonds. The number of aryl methyl sites for hydroxylation is 1. The summed E-state index contributed by atoms with van der Waals surface area (Å²) in [5.41, 5.74) is 10.7. The van der Waals surface area contributed by atoms with Gasteiger partial charge in [-0.25, -0.2) is 24.3 Å². The smallest absolute Gasteiger partial charge is 0.324 e. The summed E-state index contributed by atoms with van der Waals surface area (Å²) in [6.45, 7) is 6.45. The zero-order valence-electron chi connectivity index (χ0n) is 19.0. The number of carbonyl (C=O) groups excluding carboxylic acids is 1. The maximum absolute atomic E-state index is 12.4. The van der Waals surface area contributed by atoms with Crippen LogP contribution in [0.2, 0.25) is 0 Å². The number of anilines is 3. The molecule has 0 fully saturated rings. The van der Waals surface area contributed by atoms with Crippen molar-refractivity contribution in [2.45, 2.75) is 26.3 Å². The number of hydrogen-bond donors (Lipinski definition) is 3. The van der Waals surface area contributed by atoms with Crippen LogP contribution in [0.4, 0.5) is 22.1 Å². The summed E-state index contributed by atoms with van der Waals surface area (Å²) in [6, 6.07) is 10.7. The monoisotopic (exact) mass is 456 g/mol. The Morgan fingerprint density at radius 2 is 1.94 bits per heavy atom. The fourth-order valence-corrected chi connectivity index (χ4v) is 3.81. The van der Waals surface area contributed by atoms with Crippen LogP contribution in [-0.2, 0) is 4.74 Å². The number of carbonyl (C=O) groups is 1. The lowest BCUT2D eigenvalue weighted by Gasteiger charge is -2.10. The first-order valence-corrected chi connectivity index (χ1v) is 10.7. The van der Waals surface area contributed by atoms with E-state index in [1.807, 2.05) is 57.3 Å². The Labute approximate surface area is 195 Å². The predicted molar refractivity (Wildman–Crippen MR) is 131 cm³/mol. The van der Waals surface area contributed by atoms with Crippen molar-refractivity contribution in [2.75, 3.05) is 23.0 Å². The molecule has 1 aliphatic rings. The van der Waals surface area contributed by atoms with E-state index >= 15 is 0 Å². The van der Waals surface area contributed by atoms with Gasteiger partial charge in [-0.2, -0.15) is 5.10 Å².